The summed E-state index contributed by atoms with van der Waals surface area (Å²) < 4.78 is 0. The topological polar surface area (TPSA) is 41.1 Å². The SMILES string of the molecule is CNC(=O)Cc1ccccc1NCc1ccc(C)s1. The minimum atomic E-state index is 0.0289. The van der Waals surface area contributed by atoms with Gasteiger partial charge in [-0.1, -0.05) is 18.2 Å². The summed E-state index contributed by atoms with van der Waals surface area (Å²) in [6.07, 6.45) is 0.406. The number of hydrogen-bond acceptors (Lipinski definition) is 3. The van der Waals surface area contributed by atoms with Crippen molar-refractivity contribution in [2.45, 2.75) is 19.9 Å². The second-order valence-corrected chi connectivity index (χ2v) is 5.75. The molecule has 0 fully saturated rings. The summed E-state index contributed by atoms with van der Waals surface area (Å²) in [5, 5.41) is 6.06. The molecule has 0 bridgehead atoms. The van der Waals surface area contributed by atoms with E-state index in [0.717, 1.165) is 17.8 Å². The van der Waals surface area contributed by atoms with Crippen LogP contribution in [0.1, 0.15) is 15.3 Å². The zero-order valence-electron chi connectivity index (χ0n) is 11.2. The van der Waals surface area contributed by atoms with Crippen molar-refractivity contribution < 1.29 is 4.79 Å². The molecule has 1 amide bonds. The molecule has 0 saturated carbocycles. The minimum Gasteiger partial charge on any atom is -0.380 e. The monoisotopic (exact) mass is 274 g/mol. The highest BCUT2D eigenvalue weighted by Crippen LogP contribution is 2.20. The van der Waals surface area contributed by atoms with Gasteiger partial charge in [0.25, 0.3) is 0 Å². The number of thiophene rings is 1. The van der Waals surface area contributed by atoms with Gasteiger partial charge in [-0.15, -0.1) is 11.3 Å². The van der Waals surface area contributed by atoms with E-state index in [9.17, 15) is 4.79 Å². The van der Waals surface area contributed by atoms with Crippen molar-refractivity contribution in [2.75, 3.05) is 12.4 Å². The lowest BCUT2D eigenvalue weighted by molar-refractivity contribution is -0.119. The van der Waals surface area contributed by atoms with Crippen molar-refractivity contribution in [1.29, 1.82) is 0 Å². The number of carbonyl (C=O) groups excluding carboxylic acids is 1. The Bertz CT molecular complexity index is 563. The number of rotatable bonds is 5. The van der Waals surface area contributed by atoms with Crippen LogP contribution in [0.5, 0.6) is 0 Å². The molecule has 0 saturated heterocycles. The molecule has 19 heavy (non-hydrogen) atoms. The summed E-state index contributed by atoms with van der Waals surface area (Å²) in [5.41, 5.74) is 2.05. The van der Waals surface area contributed by atoms with Crippen LogP contribution in [0, 0.1) is 6.92 Å². The van der Waals surface area contributed by atoms with Crippen LogP contribution in [0.4, 0.5) is 5.69 Å². The number of anilines is 1. The quantitative estimate of drug-likeness (QED) is 0.880. The fourth-order valence-electron chi connectivity index (χ4n) is 1.87. The largest absolute Gasteiger partial charge is 0.380 e. The van der Waals surface area contributed by atoms with Crippen molar-refractivity contribution in [3.63, 3.8) is 0 Å². The van der Waals surface area contributed by atoms with E-state index >= 15 is 0 Å². The fraction of sp³-hybridized carbons (Fsp3) is 0.267. The smallest absolute Gasteiger partial charge is 0.224 e. The Morgan fingerprint density at radius 2 is 2.00 bits per heavy atom. The Morgan fingerprint density at radius 1 is 1.21 bits per heavy atom. The second kappa shape index (κ2) is 6.38. The molecule has 0 aliphatic heterocycles. The van der Waals surface area contributed by atoms with Gasteiger partial charge in [0.15, 0.2) is 0 Å². The molecule has 0 unspecified atom stereocenters. The zero-order chi connectivity index (χ0) is 13.7. The van der Waals surface area contributed by atoms with Crippen LogP contribution in [-0.2, 0) is 17.8 Å². The van der Waals surface area contributed by atoms with Crippen LogP contribution in [0.2, 0.25) is 0 Å². The number of benzene rings is 1. The average molecular weight is 274 g/mol. The first-order chi connectivity index (χ1) is 9.19. The average Bonchev–Trinajstić information content (AvgIpc) is 2.83. The van der Waals surface area contributed by atoms with Gasteiger partial charge in [0.05, 0.1) is 6.42 Å². The zero-order valence-corrected chi connectivity index (χ0v) is 12.0. The lowest BCUT2D eigenvalue weighted by Crippen LogP contribution is -2.20. The summed E-state index contributed by atoms with van der Waals surface area (Å²) in [7, 11) is 1.66. The third-order valence-electron chi connectivity index (χ3n) is 2.90. The third kappa shape index (κ3) is 3.83. The molecular weight excluding hydrogens is 256 g/mol. The van der Waals surface area contributed by atoms with Gasteiger partial charge in [-0.05, 0) is 30.7 Å². The number of aryl methyl sites for hydroxylation is 1. The number of para-hydroxylation sites is 1. The number of carbonyl (C=O) groups is 1. The Hall–Kier alpha value is -1.81. The molecule has 1 aromatic carbocycles. The number of likely N-dealkylation sites (N-methyl/N-ethyl adjacent to an activating group) is 1. The molecule has 2 aromatic rings. The molecule has 0 aliphatic carbocycles. The maximum atomic E-state index is 11.5. The molecular formula is C15H18N2OS. The molecule has 1 aromatic heterocycles. The molecule has 2 N–H and O–H groups in total. The van der Waals surface area contributed by atoms with Gasteiger partial charge in [0.2, 0.25) is 5.91 Å². The Balaban J connectivity index is 2.05. The van der Waals surface area contributed by atoms with Crippen molar-refractivity contribution in [1.82, 2.24) is 5.32 Å². The van der Waals surface area contributed by atoms with E-state index in [1.165, 1.54) is 9.75 Å². The van der Waals surface area contributed by atoms with Crippen LogP contribution in [0.25, 0.3) is 0 Å². The second-order valence-electron chi connectivity index (χ2n) is 4.37. The lowest BCUT2D eigenvalue weighted by Gasteiger charge is -2.10. The van der Waals surface area contributed by atoms with Gasteiger partial charge in [-0.3, -0.25) is 4.79 Å². The predicted molar refractivity (Wildman–Crippen MR) is 80.6 cm³/mol. The first-order valence-electron chi connectivity index (χ1n) is 6.26. The molecule has 1 heterocycles. The van der Waals surface area contributed by atoms with Crippen molar-refractivity contribution in [3.8, 4) is 0 Å². The highest BCUT2D eigenvalue weighted by Gasteiger charge is 2.06. The maximum Gasteiger partial charge on any atom is 0.224 e. The minimum absolute atomic E-state index is 0.0289. The number of hydrogen-bond donors (Lipinski definition) is 2. The Kier molecular flexibility index (Phi) is 4.58. The molecule has 0 aliphatic rings. The highest BCUT2D eigenvalue weighted by atomic mass is 32.1. The molecule has 2 rings (SSSR count). The van der Waals surface area contributed by atoms with Gasteiger partial charge in [-0.2, -0.15) is 0 Å². The van der Waals surface area contributed by atoms with Crippen LogP contribution < -0.4 is 10.6 Å². The summed E-state index contributed by atoms with van der Waals surface area (Å²) >= 11 is 1.79. The van der Waals surface area contributed by atoms with Gasteiger partial charge in [0, 0.05) is 29.0 Å². The molecule has 0 atom stereocenters. The Morgan fingerprint density at radius 3 is 2.68 bits per heavy atom. The normalized spacial score (nSPS) is 10.2. The number of amides is 1. The van der Waals surface area contributed by atoms with E-state index in [2.05, 4.69) is 29.7 Å². The van der Waals surface area contributed by atoms with Gasteiger partial charge in [-0.25, -0.2) is 0 Å². The lowest BCUT2D eigenvalue weighted by atomic mass is 10.1. The first-order valence-corrected chi connectivity index (χ1v) is 7.08. The molecule has 100 valence electrons. The van der Waals surface area contributed by atoms with Crippen LogP contribution in [-0.4, -0.2) is 13.0 Å². The van der Waals surface area contributed by atoms with Gasteiger partial charge >= 0.3 is 0 Å². The van der Waals surface area contributed by atoms with Crippen LogP contribution >= 0.6 is 11.3 Å². The molecule has 0 spiro atoms. The highest BCUT2D eigenvalue weighted by molar-refractivity contribution is 7.11. The fourth-order valence-corrected chi connectivity index (χ4v) is 2.70. The van der Waals surface area contributed by atoms with Crippen molar-refractivity contribution in [3.05, 3.63) is 51.7 Å². The van der Waals surface area contributed by atoms with Crippen LogP contribution in [0.15, 0.2) is 36.4 Å². The maximum absolute atomic E-state index is 11.5. The van der Waals surface area contributed by atoms with Crippen molar-refractivity contribution in [2.24, 2.45) is 0 Å². The predicted octanol–water partition coefficient (Wildman–Crippen LogP) is 2.96. The summed E-state index contributed by atoms with van der Waals surface area (Å²) in [6.45, 7) is 2.90. The van der Waals surface area contributed by atoms with Gasteiger partial charge in [0.1, 0.15) is 0 Å². The third-order valence-corrected chi connectivity index (χ3v) is 3.90. The molecule has 3 nitrogen and oxygen atoms in total. The van der Waals surface area contributed by atoms with E-state index in [-0.39, 0.29) is 5.91 Å². The Labute approximate surface area is 117 Å². The van der Waals surface area contributed by atoms with E-state index in [4.69, 9.17) is 0 Å². The van der Waals surface area contributed by atoms with E-state index in [1.807, 2.05) is 24.3 Å². The van der Waals surface area contributed by atoms with E-state index < -0.39 is 0 Å². The molecule has 0 radical (unpaired) electrons. The summed E-state index contributed by atoms with van der Waals surface area (Å²) in [5.74, 6) is 0.0289. The summed E-state index contributed by atoms with van der Waals surface area (Å²) in [6, 6.07) is 12.2. The standard InChI is InChI=1S/C15H18N2OS/c1-11-7-8-13(19-11)10-17-14-6-4-3-5-12(14)9-15(18)16-2/h3-8,17H,9-10H2,1-2H3,(H,16,18). The van der Waals surface area contributed by atoms with Crippen LogP contribution in [0.3, 0.4) is 0 Å². The molecule has 4 heteroatoms. The van der Waals surface area contributed by atoms with E-state index in [1.54, 1.807) is 18.4 Å². The van der Waals surface area contributed by atoms with Crippen molar-refractivity contribution >= 4 is 22.9 Å². The van der Waals surface area contributed by atoms with Gasteiger partial charge < -0.3 is 10.6 Å². The first kappa shape index (κ1) is 13.6. The summed E-state index contributed by atoms with van der Waals surface area (Å²) in [4.78, 5) is 14.1. The van der Waals surface area contributed by atoms with E-state index in [0.29, 0.717) is 6.42 Å². The number of nitrogens with one attached hydrogen (secondary N) is 2.